The summed E-state index contributed by atoms with van der Waals surface area (Å²) in [6, 6.07) is 22.3. The zero-order valence-corrected chi connectivity index (χ0v) is 30.4. The number of methoxy groups -OCH3 is 4. The van der Waals surface area contributed by atoms with Gasteiger partial charge in [0.05, 0.1) is 39.0 Å². The molecule has 0 spiro atoms. The predicted octanol–water partition coefficient (Wildman–Crippen LogP) is 5.61. The van der Waals surface area contributed by atoms with Gasteiger partial charge in [0.2, 0.25) is 11.8 Å². The van der Waals surface area contributed by atoms with Gasteiger partial charge in [-0.3, -0.25) is 13.9 Å². The van der Waals surface area contributed by atoms with Crippen LogP contribution in [-0.2, 0) is 32.6 Å². The summed E-state index contributed by atoms with van der Waals surface area (Å²) in [6.07, 6.45) is 0.701. The van der Waals surface area contributed by atoms with E-state index in [1.54, 1.807) is 12.1 Å². The standard InChI is InChI=1S/C38H44FN3O8S/c1-7-26(2)40-38(44)33(21-27-13-9-8-10-14-27)41(24-28-15-11-12-16-31(28)39)37(43)25-42(32-22-29(47-3)17-19-34(32)48-4)51(45,46)30-18-20-35(49-5)36(23-30)50-6/h8-20,22-23,26,33H,7,21,24-25H2,1-6H3,(H,40,44)/t26-,33+/m0/s1. The highest BCUT2D eigenvalue weighted by molar-refractivity contribution is 7.92. The van der Waals surface area contributed by atoms with Crippen LogP contribution >= 0.6 is 0 Å². The van der Waals surface area contributed by atoms with Crippen LogP contribution in [0.1, 0.15) is 31.4 Å². The highest BCUT2D eigenvalue weighted by Crippen LogP contribution is 2.38. The maximum absolute atomic E-state index is 15.2. The van der Waals surface area contributed by atoms with Crippen LogP contribution in [0.3, 0.4) is 0 Å². The van der Waals surface area contributed by atoms with Crippen molar-refractivity contribution in [1.29, 1.82) is 0 Å². The van der Waals surface area contributed by atoms with Crippen molar-refractivity contribution in [1.82, 2.24) is 10.2 Å². The minimum Gasteiger partial charge on any atom is -0.497 e. The minimum atomic E-state index is -4.57. The molecule has 4 aromatic rings. The fourth-order valence-electron chi connectivity index (χ4n) is 5.41. The number of anilines is 1. The summed E-state index contributed by atoms with van der Waals surface area (Å²) in [5.74, 6) is -0.954. The lowest BCUT2D eigenvalue weighted by Crippen LogP contribution is -2.54. The van der Waals surface area contributed by atoms with Crippen LogP contribution in [0.25, 0.3) is 0 Å². The molecule has 0 fully saturated rings. The number of rotatable bonds is 17. The lowest BCUT2D eigenvalue weighted by Gasteiger charge is -2.34. The Balaban J connectivity index is 1.91. The van der Waals surface area contributed by atoms with Gasteiger partial charge in [0.1, 0.15) is 29.9 Å². The first-order chi connectivity index (χ1) is 24.5. The third-order valence-electron chi connectivity index (χ3n) is 8.45. The molecule has 272 valence electrons. The molecule has 0 aliphatic rings. The van der Waals surface area contributed by atoms with E-state index in [1.165, 1.54) is 81.9 Å². The topological polar surface area (TPSA) is 124 Å². The molecular weight excluding hydrogens is 677 g/mol. The van der Waals surface area contributed by atoms with Gasteiger partial charge in [0.25, 0.3) is 10.0 Å². The van der Waals surface area contributed by atoms with E-state index < -0.39 is 40.2 Å². The molecule has 2 atom stereocenters. The van der Waals surface area contributed by atoms with E-state index in [0.29, 0.717) is 17.9 Å². The molecule has 4 aromatic carbocycles. The third kappa shape index (κ3) is 9.28. The Bertz CT molecular complexity index is 1910. The third-order valence-corrected chi connectivity index (χ3v) is 10.2. The molecule has 2 amide bonds. The first-order valence-corrected chi connectivity index (χ1v) is 17.7. The predicted molar refractivity (Wildman–Crippen MR) is 192 cm³/mol. The monoisotopic (exact) mass is 721 g/mol. The van der Waals surface area contributed by atoms with Gasteiger partial charge in [-0.1, -0.05) is 55.5 Å². The van der Waals surface area contributed by atoms with E-state index in [9.17, 15) is 18.0 Å². The first-order valence-electron chi connectivity index (χ1n) is 16.3. The van der Waals surface area contributed by atoms with E-state index in [2.05, 4.69) is 5.32 Å². The number of nitrogens with zero attached hydrogens (tertiary/aromatic N) is 2. The van der Waals surface area contributed by atoms with Crippen LogP contribution in [0.5, 0.6) is 23.0 Å². The second-order valence-electron chi connectivity index (χ2n) is 11.7. The van der Waals surface area contributed by atoms with Crippen LogP contribution in [-0.4, -0.2) is 72.2 Å². The first kappa shape index (κ1) is 38.5. The van der Waals surface area contributed by atoms with Gasteiger partial charge in [0.15, 0.2) is 11.5 Å². The molecule has 51 heavy (non-hydrogen) atoms. The van der Waals surface area contributed by atoms with Crippen molar-refractivity contribution in [2.45, 2.75) is 50.2 Å². The summed E-state index contributed by atoms with van der Waals surface area (Å²) in [7, 11) is 1.02. The molecule has 0 saturated carbocycles. The zero-order valence-electron chi connectivity index (χ0n) is 29.6. The SMILES string of the molecule is CC[C@H](C)NC(=O)[C@@H](Cc1ccccc1)N(Cc1ccccc1F)C(=O)CN(c1cc(OC)ccc1OC)S(=O)(=O)c1ccc(OC)c(OC)c1. The summed E-state index contributed by atoms with van der Waals surface area (Å²) in [5.41, 5.74) is 0.889. The highest BCUT2D eigenvalue weighted by Gasteiger charge is 2.36. The normalized spacial score (nSPS) is 12.3. The van der Waals surface area contributed by atoms with E-state index in [1.807, 2.05) is 44.2 Å². The molecule has 0 aromatic heterocycles. The summed E-state index contributed by atoms with van der Waals surface area (Å²) in [5, 5.41) is 2.96. The van der Waals surface area contributed by atoms with E-state index in [0.717, 1.165) is 9.87 Å². The molecule has 0 aliphatic carbocycles. The number of carbonyl (C=O) groups is 2. The molecule has 0 radical (unpaired) electrons. The molecule has 1 N–H and O–H groups in total. The smallest absolute Gasteiger partial charge is 0.265 e. The van der Waals surface area contributed by atoms with Gasteiger partial charge < -0.3 is 29.2 Å². The number of hydrogen-bond acceptors (Lipinski definition) is 8. The molecular formula is C38H44FN3O8S. The van der Waals surface area contributed by atoms with Gasteiger partial charge in [-0.05, 0) is 49.2 Å². The Labute approximate surface area is 298 Å². The largest absolute Gasteiger partial charge is 0.497 e. The number of benzene rings is 4. The Morgan fingerprint density at radius 3 is 2.08 bits per heavy atom. The van der Waals surface area contributed by atoms with Crippen molar-refractivity contribution in [2.24, 2.45) is 0 Å². The average Bonchev–Trinajstić information content (AvgIpc) is 3.15. The number of ether oxygens (including phenoxy) is 4. The van der Waals surface area contributed by atoms with E-state index in [-0.39, 0.29) is 46.7 Å². The molecule has 13 heteroatoms. The van der Waals surface area contributed by atoms with E-state index >= 15 is 4.39 Å². The maximum Gasteiger partial charge on any atom is 0.265 e. The van der Waals surface area contributed by atoms with E-state index in [4.69, 9.17) is 18.9 Å². The molecule has 0 heterocycles. The van der Waals surface area contributed by atoms with Crippen molar-refractivity contribution >= 4 is 27.5 Å². The summed E-state index contributed by atoms with van der Waals surface area (Å²) < 4.78 is 67.1. The Hall–Kier alpha value is -5.30. The second-order valence-corrected chi connectivity index (χ2v) is 13.6. The molecule has 0 bridgehead atoms. The summed E-state index contributed by atoms with van der Waals surface area (Å²) >= 11 is 0. The molecule has 4 rings (SSSR count). The van der Waals surface area contributed by atoms with Gasteiger partial charge in [-0.2, -0.15) is 0 Å². The Morgan fingerprint density at radius 1 is 0.804 bits per heavy atom. The zero-order chi connectivity index (χ0) is 37.1. The molecule has 11 nitrogen and oxygen atoms in total. The summed E-state index contributed by atoms with van der Waals surface area (Å²) in [4.78, 5) is 29.8. The van der Waals surface area contributed by atoms with Crippen LogP contribution < -0.4 is 28.6 Å². The summed E-state index contributed by atoms with van der Waals surface area (Å²) in [6.45, 7) is 2.64. The second kappa shape index (κ2) is 17.6. The van der Waals surface area contributed by atoms with Gasteiger partial charge in [0, 0.05) is 36.7 Å². The number of sulfonamides is 1. The van der Waals surface area contributed by atoms with Crippen molar-refractivity contribution in [3.8, 4) is 23.0 Å². The fourth-order valence-corrected chi connectivity index (χ4v) is 6.85. The quantitative estimate of drug-likeness (QED) is 0.149. The maximum atomic E-state index is 15.2. The van der Waals surface area contributed by atoms with Crippen LogP contribution in [0, 0.1) is 5.82 Å². The fraction of sp³-hybridized carbons (Fsp3) is 0.316. The molecule has 0 saturated heterocycles. The lowest BCUT2D eigenvalue weighted by atomic mass is 10.0. The van der Waals surface area contributed by atoms with Gasteiger partial charge in [-0.15, -0.1) is 0 Å². The van der Waals surface area contributed by atoms with Gasteiger partial charge in [-0.25, -0.2) is 12.8 Å². The average molecular weight is 722 g/mol. The number of carbonyl (C=O) groups excluding carboxylic acids is 2. The molecule has 0 unspecified atom stereocenters. The van der Waals surface area contributed by atoms with Crippen molar-refractivity contribution in [3.63, 3.8) is 0 Å². The number of hydrogen-bond donors (Lipinski definition) is 1. The lowest BCUT2D eigenvalue weighted by molar-refractivity contribution is -0.140. The van der Waals surface area contributed by atoms with Crippen molar-refractivity contribution < 1.29 is 41.3 Å². The van der Waals surface area contributed by atoms with Gasteiger partial charge >= 0.3 is 0 Å². The Kier molecular flexibility index (Phi) is 13.3. The van der Waals surface area contributed by atoms with Crippen molar-refractivity contribution in [2.75, 3.05) is 39.3 Å². The van der Waals surface area contributed by atoms with Crippen LogP contribution in [0.4, 0.5) is 10.1 Å². The highest BCUT2D eigenvalue weighted by atomic mass is 32.2. The number of halogens is 1. The van der Waals surface area contributed by atoms with Crippen LogP contribution in [0.15, 0.2) is 95.9 Å². The number of nitrogens with one attached hydrogen (secondary N) is 1. The minimum absolute atomic E-state index is 0.00510. The van der Waals surface area contributed by atoms with Crippen LogP contribution in [0.2, 0.25) is 0 Å². The number of amides is 2. The molecule has 0 aliphatic heterocycles. The van der Waals surface area contributed by atoms with Crippen molar-refractivity contribution in [3.05, 3.63) is 108 Å². The Morgan fingerprint density at radius 2 is 1.45 bits per heavy atom.